The highest BCUT2D eigenvalue weighted by Crippen LogP contribution is 2.13. The van der Waals surface area contributed by atoms with Crippen molar-refractivity contribution in [3.8, 4) is 0 Å². The largest absolute Gasteiger partial charge is 0.469 e. The van der Waals surface area contributed by atoms with Crippen LogP contribution in [0.15, 0.2) is 41.1 Å². The Kier molecular flexibility index (Phi) is 4.55. The van der Waals surface area contributed by atoms with Gasteiger partial charge in [0, 0.05) is 19.2 Å². The monoisotopic (exact) mass is 260 g/mol. The third-order valence-corrected chi connectivity index (χ3v) is 2.55. The first kappa shape index (κ1) is 13.1. The van der Waals surface area contributed by atoms with E-state index in [9.17, 15) is 4.79 Å². The lowest BCUT2D eigenvalue weighted by molar-refractivity contribution is 0.0527. The van der Waals surface area contributed by atoms with Crippen molar-refractivity contribution in [2.24, 2.45) is 0 Å². The Morgan fingerprint density at radius 3 is 3.05 bits per heavy atom. The van der Waals surface area contributed by atoms with Crippen molar-refractivity contribution in [1.82, 2.24) is 4.98 Å². The zero-order chi connectivity index (χ0) is 13.5. The van der Waals surface area contributed by atoms with Gasteiger partial charge in [-0.15, -0.1) is 0 Å². The van der Waals surface area contributed by atoms with Crippen LogP contribution in [0.25, 0.3) is 0 Å². The molecule has 100 valence electrons. The van der Waals surface area contributed by atoms with Gasteiger partial charge in [-0.05, 0) is 31.2 Å². The number of furan rings is 1. The molecule has 0 saturated heterocycles. The molecule has 0 bridgehead atoms. The topological polar surface area (TPSA) is 64.4 Å². The van der Waals surface area contributed by atoms with E-state index in [1.807, 2.05) is 12.1 Å². The van der Waals surface area contributed by atoms with Gasteiger partial charge in [-0.1, -0.05) is 0 Å². The predicted molar refractivity (Wildman–Crippen MR) is 71.1 cm³/mol. The molecule has 0 aliphatic heterocycles. The van der Waals surface area contributed by atoms with E-state index in [0.717, 1.165) is 12.2 Å². The summed E-state index contributed by atoms with van der Waals surface area (Å²) < 4.78 is 10.2. The molecule has 0 radical (unpaired) electrons. The molecule has 5 heteroatoms. The minimum Gasteiger partial charge on any atom is -0.469 e. The van der Waals surface area contributed by atoms with E-state index in [0.29, 0.717) is 24.5 Å². The summed E-state index contributed by atoms with van der Waals surface area (Å²) in [5.41, 5.74) is 0.448. The van der Waals surface area contributed by atoms with Crippen LogP contribution in [0.2, 0.25) is 0 Å². The number of nitrogens with zero attached hydrogens (tertiary/aromatic N) is 1. The molecule has 0 amide bonds. The summed E-state index contributed by atoms with van der Waals surface area (Å²) >= 11 is 0. The summed E-state index contributed by atoms with van der Waals surface area (Å²) in [6.45, 7) is 2.76. The second-order valence-corrected chi connectivity index (χ2v) is 3.88. The SMILES string of the molecule is CCOC(=O)c1cccnc1NCCc1ccco1. The van der Waals surface area contributed by atoms with E-state index < -0.39 is 0 Å². The average molecular weight is 260 g/mol. The van der Waals surface area contributed by atoms with Crippen molar-refractivity contribution >= 4 is 11.8 Å². The highest BCUT2D eigenvalue weighted by atomic mass is 16.5. The first-order valence-electron chi connectivity index (χ1n) is 6.19. The van der Waals surface area contributed by atoms with Crippen LogP contribution < -0.4 is 5.32 Å². The van der Waals surface area contributed by atoms with E-state index in [1.165, 1.54) is 0 Å². The number of carbonyl (C=O) groups is 1. The number of aromatic nitrogens is 1. The van der Waals surface area contributed by atoms with Crippen molar-refractivity contribution < 1.29 is 13.9 Å². The minimum atomic E-state index is -0.365. The predicted octanol–water partition coefficient (Wildman–Crippen LogP) is 2.51. The molecule has 0 aliphatic rings. The number of anilines is 1. The van der Waals surface area contributed by atoms with Crippen LogP contribution in [-0.4, -0.2) is 24.1 Å². The summed E-state index contributed by atoms with van der Waals surface area (Å²) in [6, 6.07) is 7.16. The smallest absolute Gasteiger partial charge is 0.341 e. The fourth-order valence-corrected chi connectivity index (χ4v) is 1.68. The number of carbonyl (C=O) groups excluding carboxylic acids is 1. The maximum absolute atomic E-state index is 11.7. The molecule has 0 spiro atoms. The standard InChI is InChI=1S/C14H16N2O3/c1-2-18-14(17)12-6-3-8-15-13(12)16-9-7-11-5-4-10-19-11/h3-6,8,10H,2,7,9H2,1H3,(H,15,16). The highest BCUT2D eigenvalue weighted by molar-refractivity contribution is 5.94. The van der Waals surface area contributed by atoms with Crippen LogP contribution in [0, 0.1) is 0 Å². The quantitative estimate of drug-likeness (QED) is 0.808. The minimum absolute atomic E-state index is 0.347. The first-order chi connectivity index (χ1) is 9.31. The van der Waals surface area contributed by atoms with Gasteiger partial charge < -0.3 is 14.5 Å². The number of ether oxygens (including phenoxy) is 1. The fourth-order valence-electron chi connectivity index (χ4n) is 1.68. The van der Waals surface area contributed by atoms with Gasteiger partial charge in [0.15, 0.2) is 0 Å². The molecule has 0 fully saturated rings. The van der Waals surface area contributed by atoms with E-state index >= 15 is 0 Å². The Morgan fingerprint density at radius 2 is 2.32 bits per heavy atom. The lowest BCUT2D eigenvalue weighted by Gasteiger charge is -2.09. The van der Waals surface area contributed by atoms with Gasteiger partial charge in [0.2, 0.25) is 0 Å². The fraction of sp³-hybridized carbons (Fsp3) is 0.286. The van der Waals surface area contributed by atoms with Crippen LogP contribution in [0.3, 0.4) is 0 Å². The Morgan fingerprint density at radius 1 is 1.42 bits per heavy atom. The molecular weight excluding hydrogens is 244 g/mol. The summed E-state index contributed by atoms with van der Waals surface area (Å²) in [5, 5.41) is 3.12. The first-order valence-corrected chi connectivity index (χ1v) is 6.19. The highest BCUT2D eigenvalue weighted by Gasteiger charge is 2.12. The Labute approximate surface area is 111 Å². The number of hydrogen-bond donors (Lipinski definition) is 1. The normalized spacial score (nSPS) is 10.2. The van der Waals surface area contributed by atoms with E-state index in [-0.39, 0.29) is 5.97 Å². The number of esters is 1. The summed E-state index contributed by atoms with van der Waals surface area (Å²) in [6.07, 6.45) is 4.00. The van der Waals surface area contributed by atoms with Crippen LogP contribution in [-0.2, 0) is 11.2 Å². The van der Waals surface area contributed by atoms with Gasteiger partial charge in [0.1, 0.15) is 17.1 Å². The van der Waals surface area contributed by atoms with Gasteiger partial charge in [0.05, 0.1) is 12.9 Å². The Bertz CT molecular complexity index is 523. The molecule has 19 heavy (non-hydrogen) atoms. The number of nitrogens with one attached hydrogen (secondary N) is 1. The summed E-state index contributed by atoms with van der Waals surface area (Å²) in [4.78, 5) is 15.9. The van der Waals surface area contributed by atoms with Crippen molar-refractivity contribution in [3.63, 3.8) is 0 Å². The zero-order valence-corrected chi connectivity index (χ0v) is 10.8. The van der Waals surface area contributed by atoms with Gasteiger partial charge in [0.25, 0.3) is 0 Å². The average Bonchev–Trinajstić information content (AvgIpc) is 2.93. The Balaban J connectivity index is 1.97. The molecule has 0 aliphatic carbocycles. The van der Waals surface area contributed by atoms with Gasteiger partial charge in [-0.2, -0.15) is 0 Å². The van der Waals surface area contributed by atoms with Crippen LogP contribution in [0.1, 0.15) is 23.0 Å². The molecule has 0 saturated carbocycles. The molecule has 2 aromatic rings. The zero-order valence-electron chi connectivity index (χ0n) is 10.8. The van der Waals surface area contributed by atoms with Gasteiger partial charge in [-0.25, -0.2) is 9.78 Å². The lowest BCUT2D eigenvalue weighted by Crippen LogP contribution is -2.13. The molecule has 2 heterocycles. The van der Waals surface area contributed by atoms with Crippen LogP contribution >= 0.6 is 0 Å². The molecular formula is C14H16N2O3. The van der Waals surface area contributed by atoms with E-state index in [1.54, 1.807) is 31.5 Å². The van der Waals surface area contributed by atoms with E-state index in [2.05, 4.69) is 10.3 Å². The third-order valence-electron chi connectivity index (χ3n) is 2.55. The van der Waals surface area contributed by atoms with Gasteiger partial charge in [-0.3, -0.25) is 0 Å². The van der Waals surface area contributed by atoms with Crippen molar-refractivity contribution in [2.75, 3.05) is 18.5 Å². The Hall–Kier alpha value is -2.30. The van der Waals surface area contributed by atoms with Crippen LogP contribution in [0.5, 0.6) is 0 Å². The maximum Gasteiger partial charge on any atom is 0.341 e. The molecule has 1 N–H and O–H groups in total. The second kappa shape index (κ2) is 6.58. The summed E-state index contributed by atoms with van der Waals surface area (Å²) in [7, 11) is 0. The molecule has 2 rings (SSSR count). The van der Waals surface area contributed by atoms with Crippen LogP contribution in [0.4, 0.5) is 5.82 Å². The summed E-state index contributed by atoms with van der Waals surface area (Å²) in [5.74, 6) is 1.06. The van der Waals surface area contributed by atoms with E-state index in [4.69, 9.17) is 9.15 Å². The second-order valence-electron chi connectivity index (χ2n) is 3.88. The van der Waals surface area contributed by atoms with Crippen molar-refractivity contribution in [2.45, 2.75) is 13.3 Å². The molecule has 0 atom stereocenters. The number of hydrogen-bond acceptors (Lipinski definition) is 5. The molecule has 0 unspecified atom stereocenters. The number of rotatable bonds is 6. The van der Waals surface area contributed by atoms with Gasteiger partial charge >= 0.3 is 5.97 Å². The molecule has 0 aromatic carbocycles. The van der Waals surface area contributed by atoms with Crippen molar-refractivity contribution in [3.05, 3.63) is 48.0 Å². The molecule has 2 aromatic heterocycles. The molecule has 5 nitrogen and oxygen atoms in total. The lowest BCUT2D eigenvalue weighted by atomic mass is 10.2. The maximum atomic E-state index is 11.7. The van der Waals surface area contributed by atoms with Crippen molar-refractivity contribution in [1.29, 1.82) is 0 Å². The number of pyridine rings is 1. The third kappa shape index (κ3) is 3.58.